The normalized spacial score (nSPS) is 16.2. The van der Waals surface area contributed by atoms with E-state index in [9.17, 15) is 4.79 Å². The largest absolute Gasteiger partial charge is 0.336 e. The average Bonchev–Trinajstić information content (AvgIpc) is 2.42. The highest BCUT2D eigenvalue weighted by Crippen LogP contribution is 2.18. The minimum atomic E-state index is 0.0246. The zero-order valence-corrected chi connectivity index (χ0v) is 11.7. The molecule has 1 fully saturated rings. The first kappa shape index (κ1) is 13.9. The van der Waals surface area contributed by atoms with Gasteiger partial charge >= 0.3 is 0 Å². The number of rotatable bonds is 2. The number of hydrogen-bond donors (Lipinski definition) is 0. The molecule has 0 atom stereocenters. The highest BCUT2D eigenvalue weighted by atomic mass is 35.5. The van der Waals surface area contributed by atoms with Gasteiger partial charge in [0.2, 0.25) is 0 Å². The third-order valence-corrected chi connectivity index (χ3v) is 3.62. The minimum Gasteiger partial charge on any atom is -0.336 e. The van der Waals surface area contributed by atoms with Gasteiger partial charge in [-0.05, 0) is 24.6 Å². The molecule has 0 radical (unpaired) electrons. The van der Waals surface area contributed by atoms with Gasteiger partial charge in [-0.25, -0.2) is 0 Å². The van der Waals surface area contributed by atoms with Crippen LogP contribution in [-0.4, -0.2) is 48.4 Å². The van der Waals surface area contributed by atoms with Crippen molar-refractivity contribution in [1.29, 1.82) is 5.26 Å². The fraction of sp³-hybridized carbons (Fsp3) is 0.429. The quantitative estimate of drug-likeness (QED) is 0.776. The maximum Gasteiger partial charge on any atom is 0.254 e. The van der Waals surface area contributed by atoms with Gasteiger partial charge in [0.1, 0.15) is 0 Å². The lowest BCUT2D eigenvalue weighted by Gasteiger charge is -2.33. The van der Waals surface area contributed by atoms with Gasteiger partial charge < -0.3 is 4.90 Å². The van der Waals surface area contributed by atoms with Crippen molar-refractivity contribution >= 4 is 17.5 Å². The number of aryl methyl sites for hydroxylation is 1. The topological polar surface area (TPSA) is 47.3 Å². The van der Waals surface area contributed by atoms with Crippen LogP contribution in [-0.2, 0) is 0 Å². The molecular weight excluding hydrogens is 262 g/mol. The molecule has 2 rings (SSSR count). The van der Waals surface area contributed by atoms with Gasteiger partial charge in [-0.15, -0.1) is 0 Å². The van der Waals surface area contributed by atoms with E-state index in [1.165, 1.54) is 0 Å². The van der Waals surface area contributed by atoms with Crippen LogP contribution in [0.1, 0.15) is 15.9 Å². The molecule has 0 N–H and O–H groups in total. The molecule has 1 heterocycles. The Morgan fingerprint density at radius 1 is 1.37 bits per heavy atom. The monoisotopic (exact) mass is 277 g/mol. The molecule has 1 aromatic carbocycles. The number of carbonyl (C=O) groups is 1. The number of carbonyl (C=O) groups excluding carboxylic acids is 1. The fourth-order valence-electron chi connectivity index (χ4n) is 2.20. The highest BCUT2D eigenvalue weighted by molar-refractivity contribution is 6.31. The maximum atomic E-state index is 12.4. The lowest BCUT2D eigenvalue weighted by atomic mass is 10.1. The van der Waals surface area contributed by atoms with Gasteiger partial charge in [0, 0.05) is 36.8 Å². The van der Waals surface area contributed by atoms with Crippen molar-refractivity contribution in [2.24, 2.45) is 0 Å². The molecule has 1 aromatic rings. The van der Waals surface area contributed by atoms with E-state index in [1.54, 1.807) is 12.1 Å². The smallest absolute Gasteiger partial charge is 0.254 e. The minimum absolute atomic E-state index is 0.0246. The first-order valence-electron chi connectivity index (χ1n) is 6.26. The number of halogens is 1. The van der Waals surface area contributed by atoms with Crippen LogP contribution >= 0.6 is 11.6 Å². The molecule has 1 amide bonds. The van der Waals surface area contributed by atoms with Crippen molar-refractivity contribution in [3.05, 3.63) is 34.3 Å². The van der Waals surface area contributed by atoms with Crippen LogP contribution < -0.4 is 0 Å². The number of nitrogens with zero attached hydrogens (tertiary/aromatic N) is 3. The second-order valence-corrected chi connectivity index (χ2v) is 5.12. The summed E-state index contributed by atoms with van der Waals surface area (Å²) in [4.78, 5) is 16.3. The third kappa shape index (κ3) is 3.25. The summed E-state index contributed by atoms with van der Waals surface area (Å²) in [6.07, 6.45) is 0. The third-order valence-electron chi connectivity index (χ3n) is 3.38. The number of piperazine rings is 1. The van der Waals surface area contributed by atoms with Crippen LogP contribution in [0.25, 0.3) is 0 Å². The molecule has 19 heavy (non-hydrogen) atoms. The van der Waals surface area contributed by atoms with Gasteiger partial charge in [0.15, 0.2) is 0 Å². The summed E-state index contributed by atoms with van der Waals surface area (Å²) in [6.45, 7) is 5.16. The molecule has 0 unspecified atom stereocenters. The van der Waals surface area contributed by atoms with E-state index in [4.69, 9.17) is 16.9 Å². The van der Waals surface area contributed by atoms with E-state index in [0.29, 0.717) is 30.2 Å². The molecule has 0 bridgehead atoms. The molecule has 1 saturated heterocycles. The molecule has 1 aliphatic rings. The molecule has 100 valence electrons. The molecule has 1 aliphatic heterocycles. The zero-order valence-electron chi connectivity index (χ0n) is 10.9. The van der Waals surface area contributed by atoms with Gasteiger partial charge in [0.25, 0.3) is 5.91 Å². The van der Waals surface area contributed by atoms with E-state index in [1.807, 2.05) is 17.9 Å². The molecule has 0 saturated carbocycles. The van der Waals surface area contributed by atoms with E-state index >= 15 is 0 Å². The Kier molecular flexibility index (Phi) is 4.41. The first-order valence-corrected chi connectivity index (χ1v) is 6.64. The van der Waals surface area contributed by atoms with Crippen LogP contribution in [0, 0.1) is 18.3 Å². The van der Waals surface area contributed by atoms with Crippen LogP contribution in [0.2, 0.25) is 5.02 Å². The highest BCUT2D eigenvalue weighted by Gasteiger charge is 2.22. The number of amides is 1. The van der Waals surface area contributed by atoms with Gasteiger partial charge in [-0.1, -0.05) is 17.7 Å². The summed E-state index contributed by atoms with van der Waals surface area (Å²) in [5.74, 6) is 0.0246. The van der Waals surface area contributed by atoms with E-state index < -0.39 is 0 Å². The Bertz CT molecular complexity index is 516. The van der Waals surface area contributed by atoms with Gasteiger partial charge in [0.05, 0.1) is 12.6 Å². The summed E-state index contributed by atoms with van der Waals surface area (Å²) in [7, 11) is 0. The van der Waals surface area contributed by atoms with Crippen LogP contribution in [0.3, 0.4) is 0 Å². The Labute approximate surface area is 118 Å². The number of hydrogen-bond acceptors (Lipinski definition) is 3. The number of benzene rings is 1. The second-order valence-electron chi connectivity index (χ2n) is 4.69. The summed E-state index contributed by atoms with van der Waals surface area (Å²) >= 11 is 5.95. The van der Waals surface area contributed by atoms with E-state index in [-0.39, 0.29) is 5.91 Å². The van der Waals surface area contributed by atoms with E-state index in [2.05, 4.69) is 11.0 Å². The lowest BCUT2D eigenvalue weighted by molar-refractivity contribution is 0.0651. The zero-order chi connectivity index (χ0) is 13.8. The SMILES string of the molecule is Cc1ccc(Cl)cc1C(=O)N1CCN(CC#N)CC1. The van der Waals surface area contributed by atoms with Crippen molar-refractivity contribution in [1.82, 2.24) is 9.80 Å². The molecule has 4 nitrogen and oxygen atoms in total. The van der Waals surface area contributed by atoms with Crippen molar-refractivity contribution < 1.29 is 4.79 Å². The molecule has 0 aromatic heterocycles. The summed E-state index contributed by atoms with van der Waals surface area (Å²) in [6, 6.07) is 7.51. The molecule has 0 aliphatic carbocycles. The second kappa shape index (κ2) is 6.05. The Hall–Kier alpha value is -1.57. The number of nitriles is 1. The van der Waals surface area contributed by atoms with Gasteiger partial charge in [-0.2, -0.15) is 5.26 Å². The summed E-state index contributed by atoms with van der Waals surface area (Å²) < 4.78 is 0. The Balaban J connectivity index is 2.05. The summed E-state index contributed by atoms with van der Waals surface area (Å²) in [5.41, 5.74) is 1.61. The van der Waals surface area contributed by atoms with Gasteiger partial charge in [-0.3, -0.25) is 9.69 Å². The predicted octanol–water partition coefficient (Wildman–Crippen LogP) is 1.93. The predicted molar refractivity (Wildman–Crippen MR) is 74.1 cm³/mol. The lowest BCUT2D eigenvalue weighted by Crippen LogP contribution is -2.48. The molecular formula is C14H16ClN3O. The molecule has 0 spiro atoms. The van der Waals surface area contributed by atoms with Crippen molar-refractivity contribution in [2.75, 3.05) is 32.7 Å². The van der Waals surface area contributed by atoms with Crippen LogP contribution in [0.15, 0.2) is 18.2 Å². The Morgan fingerprint density at radius 3 is 2.68 bits per heavy atom. The summed E-state index contributed by atoms with van der Waals surface area (Å²) in [5, 5.41) is 9.23. The van der Waals surface area contributed by atoms with Crippen molar-refractivity contribution in [3.8, 4) is 6.07 Å². The average molecular weight is 278 g/mol. The van der Waals surface area contributed by atoms with Crippen LogP contribution in [0.4, 0.5) is 0 Å². The molecule has 5 heteroatoms. The Morgan fingerprint density at radius 2 is 2.05 bits per heavy atom. The van der Waals surface area contributed by atoms with Crippen molar-refractivity contribution in [2.45, 2.75) is 6.92 Å². The maximum absolute atomic E-state index is 12.4. The van der Waals surface area contributed by atoms with Crippen molar-refractivity contribution in [3.63, 3.8) is 0 Å². The van der Waals surface area contributed by atoms with E-state index in [0.717, 1.165) is 18.7 Å². The first-order chi connectivity index (χ1) is 9.11. The fourth-order valence-corrected chi connectivity index (χ4v) is 2.38. The van der Waals surface area contributed by atoms with Crippen LogP contribution in [0.5, 0.6) is 0 Å². The standard InChI is InChI=1S/C14H16ClN3O/c1-11-2-3-12(15)10-13(11)14(19)18-8-6-17(5-4-16)7-9-18/h2-3,10H,5-9H2,1H3.